The molecule has 0 radical (unpaired) electrons. The van der Waals surface area contributed by atoms with Crippen LogP contribution in [0.1, 0.15) is 17.1 Å². The van der Waals surface area contributed by atoms with Gasteiger partial charge >= 0.3 is 0 Å². The van der Waals surface area contributed by atoms with Crippen molar-refractivity contribution in [1.82, 2.24) is 14.5 Å². The molecule has 0 aliphatic carbocycles. The Labute approximate surface area is 112 Å². The summed E-state index contributed by atoms with van der Waals surface area (Å²) >= 11 is 3.16. The van der Waals surface area contributed by atoms with Crippen molar-refractivity contribution in [3.8, 4) is 6.07 Å². The fourth-order valence-electron chi connectivity index (χ4n) is 1.55. The van der Waals surface area contributed by atoms with Gasteiger partial charge in [-0.3, -0.25) is 9.36 Å². The van der Waals surface area contributed by atoms with Crippen LogP contribution in [0.3, 0.4) is 0 Å². The molecule has 0 fully saturated rings. The average molecular weight is 305 g/mol. The fourth-order valence-corrected chi connectivity index (χ4v) is 1.87. The third-order valence-electron chi connectivity index (χ3n) is 2.48. The molecule has 2 rings (SSSR count). The van der Waals surface area contributed by atoms with Crippen LogP contribution in [0.2, 0.25) is 0 Å². The van der Waals surface area contributed by atoms with E-state index < -0.39 is 0 Å². The number of hydrogen-bond donors (Lipinski definition) is 0. The van der Waals surface area contributed by atoms with Gasteiger partial charge in [-0.1, -0.05) is 0 Å². The van der Waals surface area contributed by atoms with Crippen molar-refractivity contribution < 1.29 is 0 Å². The summed E-state index contributed by atoms with van der Waals surface area (Å²) in [5, 5.41) is 8.78. The van der Waals surface area contributed by atoms with Gasteiger partial charge in [-0.25, -0.2) is 9.97 Å². The molecule has 0 amide bonds. The van der Waals surface area contributed by atoms with Gasteiger partial charge in [0.05, 0.1) is 6.54 Å². The number of aryl methyl sites for hydroxylation is 1. The van der Waals surface area contributed by atoms with Crippen molar-refractivity contribution in [2.45, 2.75) is 13.5 Å². The Morgan fingerprint density at radius 1 is 1.50 bits per heavy atom. The molecule has 0 saturated carbocycles. The molecule has 18 heavy (non-hydrogen) atoms. The van der Waals surface area contributed by atoms with Crippen LogP contribution in [0.25, 0.3) is 0 Å². The number of nitriles is 1. The largest absolute Gasteiger partial charge is 0.291 e. The Hall–Kier alpha value is -2.00. The van der Waals surface area contributed by atoms with Gasteiger partial charge in [-0.15, -0.1) is 0 Å². The lowest BCUT2D eigenvalue weighted by atomic mass is 10.2. The molecular weight excluding hydrogens is 296 g/mol. The molecule has 90 valence electrons. The molecule has 0 aliphatic rings. The number of nitrogens with zero attached hydrogens (tertiary/aromatic N) is 4. The van der Waals surface area contributed by atoms with Crippen LogP contribution in [-0.4, -0.2) is 14.5 Å². The van der Waals surface area contributed by atoms with E-state index in [0.717, 1.165) is 5.56 Å². The van der Waals surface area contributed by atoms with E-state index in [1.165, 1.54) is 6.20 Å². The zero-order valence-corrected chi connectivity index (χ0v) is 11.2. The molecular formula is C12H9BrN4O. The minimum absolute atomic E-state index is 0.141. The zero-order valence-electron chi connectivity index (χ0n) is 9.59. The summed E-state index contributed by atoms with van der Waals surface area (Å²) in [7, 11) is 0. The lowest BCUT2D eigenvalue weighted by molar-refractivity contribution is 0.694. The predicted octanol–water partition coefficient (Wildman–Crippen LogP) is 1.63. The van der Waals surface area contributed by atoms with Crippen LogP contribution >= 0.6 is 15.9 Å². The van der Waals surface area contributed by atoms with E-state index >= 15 is 0 Å². The second-order valence-corrected chi connectivity index (χ2v) is 4.56. The summed E-state index contributed by atoms with van der Waals surface area (Å²) in [5.74, 6) is 0.624. The first-order valence-electron chi connectivity index (χ1n) is 5.19. The predicted molar refractivity (Wildman–Crippen MR) is 69.0 cm³/mol. The number of aromatic nitrogens is 3. The van der Waals surface area contributed by atoms with Crippen molar-refractivity contribution in [3.05, 3.63) is 56.4 Å². The van der Waals surface area contributed by atoms with Crippen molar-refractivity contribution in [2.24, 2.45) is 0 Å². The minimum atomic E-state index is -0.141. The normalized spacial score (nSPS) is 10.1. The molecule has 5 nitrogen and oxygen atoms in total. The summed E-state index contributed by atoms with van der Waals surface area (Å²) < 4.78 is 1.96. The third-order valence-corrected chi connectivity index (χ3v) is 3.03. The van der Waals surface area contributed by atoms with Gasteiger partial charge < -0.3 is 0 Å². The maximum Gasteiger partial charge on any atom is 0.268 e. The second kappa shape index (κ2) is 5.10. The van der Waals surface area contributed by atoms with Gasteiger partial charge in [-0.05, 0) is 40.5 Å². The summed E-state index contributed by atoms with van der Waals surface area (Å²) in [6.45, 7) is 2.13. The molecule has 0 spiro atoms. The Kier molecular flexibility index (Phi) is 3.53. The standard InChI is InChI=1S/C12H9BrN4O/c1-8-16-6-11(13)12(18)17(8)7-9-2-3-15-10(4-9)5-14/h2-4,6H,7H2,1H3. The highest BCUT2D eigenvalue weighted by Crippen LogP contribution is 2.06. The van der Waals surface area contributed by atoms with Crippen LogP contribution < -0.4 is 5.56 Å². The van der Waals surface area contributed by atoms with E-state index in [4.69, 9.17) is 5.26 Å². The summed E-state index contributed by atoms with van der Waals surface area (Å²) in [4.78, 5) is 19.9. The van der Waals surface area contributed by atoms with Crippen molar-refractivity contribution >= 4 is 15.9 Å². The van der Waals surface area contributed by atoms with Gasteiger partial charge in [-0.2, -0.15) is 5.26 Å². The Bertz CT molecular complexity index is 687. The summed E-state index contributed by atoms with van der Waals surface area (Å²) in [6.07, 6.45) is 3.04. The maximum atomic E-state index is 11.9. The molecule has 2 aromatic heterocycles. The topological polar surface area (TPSA) is 71.6 Å². The van der Waals surface area contributed by atoms with Crippen molar-refractivity contribution in [1.29, 1.82) is 5.26 Å². The number of hydrogen-bond acceptors (Lipinski definition) is 4. The van der Waals surface area contributed by atoms with Gasteiger partial charge in [0.2, 0.25) is 0 Å². The first kappa shape index (κ1) is 12.5. The second-order valence-electron chi connectivity index (χ2n) is 3.71. The van der Waals surface area contributed by atoms with Crippen LogP contribution in [0.4, 0.5) is 0 Å². The molecule has 0 aliphatic heterocycles. The summed E-state index contributed by atoms with van der Waals surface area (Å²) in [6, 6.07) is 5.40. The van der Waals surface area contributed by atoms with Crippen molar-refractivity contribution in [2.75, 3.05) is 0 Å². The number of halogens is 1. The van der Waals surface area contributed by atoms with Crippen LogP contribution in [0.5, 0.6) is 0 Å². The lowest BCUT2D eigenvalue weighted by Crippen LogP contribution is -2.24. The van der Waals surface area contributed by atoms with Crippen LogP contribution in [-0.2, 0) is 6.54 Å². The smallest absolute Gasteiger partial charge is 0.268 e. The Balaban J connectivity index is 2.43. The maximum absolute atomic E-state index is 11.9. The van der Waals surface area contributed by atoms with Crippen LogP contribution in [0.15, 0.2) is 33.8 Å². The molecule has 0 aromatic carbocycles. The zero-order chi connectivity index (χ0) is 13.1. The molecule has 0 unspecified atom stereocenters. The average Bonchev–Trinajstić information content (AvgIpc) is 2.39. The Morgan fingerprint density at radius 3 is 3.00 bits per heavy atom. The quantitative estimate of drug-likeness (QED) is 0.845. The Morgan fingerprint density at radius 2 is 2.28 bits per heavy atom. The van der Waals surface area contributed by atoms with E-state index in [0.29, 0.717) is 22.5 Å². The first-order valence-corrected chi connectivity index (χ1v) is 5.98. The van der Waals surface area contributed by atoms with E-state index in [9.17, 15) is 4.79 Å². The van der Waals surface area contributed by atoms with Gasteiger partial charge in [0, 0.05) is 12.4 Å². The highest BCUT2D eigenvalue weighted by Gasteiger charge is 2.06. The number of pyridine rings is 1. The monoisotopic (exact) mass is 304 g/mol. The highest BCUT2D eigenvalue weighted by atomic mass is 79.9. The first-order chi connectivity index (χ1) is 8.61. The van der Waals surface area contributed by atoms with Gasteiger partial charge in [0.15, 0.2) is 0 Å². The van der Waals surface area contributed by atoms with Crippen LogP contribution in [0, 0.1) is 18.3 Å². The lowest BCUT2D eigenvalue weighted by Gasteiger charge is -2.09. The fraction of sp³-hybridized carbons (Fsp3) is 0.167. The van der Waals surface area contributed by atoms with Gasteiger partial charge in [0.25, 0.3) is 5.56 Å². The molecule has 0 atom stereocenters. The summed E-state index contributed by atoms with van der Waals surface area (Å²) in [5.41, 5.74) is 1.03. The minimum Gasteiger partial charge on any atom is -0.291 e. The molecule has 2 aromatic rings. The van der Waals surface area contributed by atoms with E-state index in [2.05, 4.69) is 25.9 Å². The number of rotatable bonds is 2. The van der Waals surface area contributed by atoms with E-state index in [1.54, 1.807) is 29.8 Å². The van der Waals surface area contributed by atoms with Gasteiger partial charge in [0.1, 0.15) is 22.1 Å². The van der Waals surface area contributed by atoms with E-state index in [-0.39, 0.29) is 5.56 Å². The highest BCUT2D eigenvalue weighted by molar-refractivity contribution is 9.10. The van der Waals surface area contributed by atoms with E-state index in [1.807, 2.05) is 6.07 Å². The molecule has 0 bridgehead atoms. The van der Waals surface area contributed by atoms with Crippen molar-refractivity contribution in [3.63, 3.8) is 0 Å². The third kappa shape index (κ3) is 2.46. The SMILES string of the molecule is Cc1ncc(Br)c(=O)n1Cc1ccnc(C#N)c1. The molecule has 6 heteroatoms. The molecule has 0 N–H and O–H groups in total. The molecule has 0 saturated heterocycles. The molecule has 2 heterocycles.